The molecule has 0 bridgehead atoms. The predicted octanol–water partition coefficient (Wildman–Crippen LogP) is 11.6. The molecule has 0 rings (SSSR count). The number of carbonyl (C=O) groups is 2. The zero-order valence-electron chi connectivity index (χ0n) is 32.8. The molecular weight excluding hydrogens is 665 g/mol. The van der Waals surface area contributed by atoms with E-state index in [0.717, 1.165) is 70.6 Å². The number of nitrogens with two attached hydrogens (primary N) is 1. The highest BCUT2D eigenvalue weighted by Crippen LogP contribution is 2.43. The normalized spacial score (nSPS) is 13.6. The first-order valence-corrected chi connectivity index (χ1v) is 22.3. The number of esters is 2. The Bertz CT molecular complexity index is 897. The summed E-state index contributed by atoms with van der Waals surface area (Å²) in [7, 11) is -4.37. The van der Waals surface area contributed by atoms with Crippen molar-refractivity contribution in [1.29, 1.82) is 0 Å². The van der Waals surface area contributed by atoms with Crippen LogP contribution in [0.3, 0.4) is 0 Å². The standard InChI is InChI=1S/C41H78NO8P/c1-3-5-7-9-11-13-15-17-19-21-23-25-27-29-31-33-40(43)47-37-39(38-49-51(45,46)48-36-35-42)50-41(44)34-32-30-28-26-24-22-20-18-16-14-12-10-8-6-4-2/h17-20,39H,3-16,21-38,42H2,1-2H3,(H,45,46). The van der Waals surface area contributed by atoms with E-state index in [9.17, 15) is 19.0 Å². The SMILES string of the molecule is CCCCCCCCC=CCCCCCCCC(=O)OCC(COP(=O)(O)OCCN)OC(=O)CCCCCCCC=CCCCCCCCC. The first-order valence-electron chi connectivity index (χ1n) is 20.8. The molecule has 0 saturated heterocycles. The maximum atomic E-state index is 12.5. The summed E-state index contributed by atoms with van der Waals surface area (Å²) in [5.74, 6) is -0.845. The molecule has 0 aromatic carbocycles. The molecule has 0 heterocycles. The molecule has 0 amide bonds. The van der Waals surface area contributed by atoms with Crippen molar-refractivity contribution in [3.05, 3.63) is 24.3 Å². The Morgan fingerprint density at radius 2 is 0.961 bits per heavy atom. The number of unbranched alkanes of at least 4 members (excludes halogenated alkanes) is 22. The van der Waals surface area contributed by atoms with Crippen LogP contribution in [0.15, 0.2) is 24.3 Å². The number of carbonyl (C=O) groups excluding carboxylic acids is 2. The van der Waals surface area contributed by atoms with Gasteiger partial charge in [-0.1, -0.05) is 141 Å². The lowest BCUT2D eigenvalue weighted by Crippen LogP contribution is -2.29. The lowest BCUT2D eigenvalue weighted by molar-refractivity contribution is -0.161. The number of allylic oxidation sites excluding steroid dienone is 4. The van der Waals surface area contributed by atoms with Gasteiger partial charge in [-0.2, -0.15) is 0 Å². The Morgan fingerprint density at radius 1 is 0.569 bits per heavy atom. The molecule has 300 valence electrons. The van der Waals surface area contributed by atoms with Crippen molar-refractivity contribution in [2.75, 3.05) is 26.4 Å². The molecule has 3 N–H and O–H groups in total. The molecule has 10 heteroatoms. The summed E-state index contributed by atoms with van der Waals surface area (Å²) in [5.41, 5.74) is 5.34. The number of ether oxygens (including phenoxy) is 2. The van der Waals surface area contributed by atoms with Crippen LogP contribution in [-0.4, -0.2) is 49.3 Å². The van der Waals surface area contributed by atoms with Gasteiger partial charge in [-0.3, -0.25) is 18.6 Å². The summed E-state index contributed by atoms with van der Waals surface area (Å²) < 4.78 is 32.7. The van der Waals surface area contributed by atoms with E-state index in [1.165, 1.54) is 89.9 Å². The number of hydrogen-bond donors (Lipinski definition) is 2. The second-order valence-corrected chi connectivity index (χ2v) is 15.3. The van der Waals surface area contributed by atoms with Crippen molar-refractivity contribution in [2.45, 2.75) is 200 Å². The number of hydrogen-bond acceptors (Lipinski definition) is 8. The van der Waals surface area contributed by atoms with Gasteiger partial charge in [0.25, 0.3) is 0 Å². The van der Waals surface area contributed by atoms with Gasteiger partial charge in [-0.15, -0.1) is 0 Å². The zero-order chi connectivity index (χ0) is 37.5. The summed E-state index contributed by atoms with van der Waals surface area (Å²) in [6.07, 6.45) is 39.2. The Morgan fingerprint density at radius 3 is 1.39 bits per heavy atom. The van der Waals surface area contributed by atoms with Crippen LogP contribution in [0.1, 0.15) is 194 Å². The quantitative estimate of drug-likeness (QED) is 0.0273. The fourth-order valence-electron chi connectivity index (χ4n) is 5.68. The monoisotopic (exact) mass is 744 g/mol. The van der Waals surface area contributed by atoms with Gasteiger partial charge >= 0.3 is 19.8 Å². The molecule has 2 atom stereocenters. The van der Waals surface area contributed by atoms with Crippen LogP contribution in [0, 0.1) is 0 Å². The van der Waals surface area contributed by atoms with Crippen LogP contribution in [0.2, 0.25) is 0 Å². The summed E-state index contributed by atoms with van der Waals surface area (Å²) in [4.78, 5) is 34.8. The minimum Gasteiger partial charge on any atom is -0.462 e. The molecule has 0 aliphatic carbocycles. The zero-order valence-corrected chi connectivity index (χ0v) is 33.7. The van der Waals surface area contributed by atoms with Gasteiger partial charge in [0.1, 0.15) is 6.61 Å². The van der Waals surface area contributed by atoms with Gasteiger partial charge in [0.05, 0.1) is 13.2 Å². The lowest BCUT2D eigenvalue weighted by atomic mass is 10.1. The fourth-order valence-corrected chi connectivity index (χ4v) is 6.45. The largest absolute Gasteiger partial charge is 0.472 e. The van der Waals surface area contributed by atoms with E-state index in [1.54, 1.807) is 0 Å². The third kappa shape index (κ3) is 38.0. The van der Waals surface area contributed by atoms with Gasteiger partial charge in [0.15, 0.2) is 6.10 Å². The van der Waals surface area contributed by atoms with Gasteiger partial charge in [-0.25, -0.2) is 4.57 Å². The molecule has 0 radical (unpaired) electrons. The first-order chi connectivity index (χ1) is 24.8. The van der Waals surface area contributed by atoms with Crippen molar-refractivity contribution >= 4 is 19.8 Å². The summed E-state index contributed by atoms with van der Waals surface area (Å²) in [5, 5.41) is 0. The highest BCUT2D eigenvalue weighted by Gasteiger charge is 2.26. The molecule has 0 saturated carbocycles. The smallest absolute Gasteiger partial charge is 0.462 e. The van der Waals surface area contributed by atoms with Crippen molar-refractivity contribution in [3.63, 3.8) is 0 Å². The van der Waals surface area contributed by atoms with Crippen molar-refractivity contribution in [1.82, 2.24) is 0 Å². The Kier molecular flexibility index (Phi) is 37.1. The highest BCUT2D eigenvalue weighted by atomic mass is 31.2. The minimum atomic E-state index is -4.37. The van der Waals surface area contributed by atoms with Crippen molar-refractivity contribution in [2.24, 2.45) is 5.73 Å². The number of rotatable bonds is 39. The first kappa shape index (κ1) is 49.5. The maximum Gasteiger partial charge on any atom is 0.472 e. The minimum absolute atomic E-state index is 0.0518. The molecule has 0 aromatic heterocycles. The van der Waals surface area contributed by atoms with Crippen LogP contribution >= 0.6 is 7.82 Å². The van der Waals surface area contributed by atoms with Crippen molar-refractivity contribution in [3.8, 4) is 0 Å². The summed E-state index contributed by atoms with van der Waals surface area (Å²) in [6, 6.07) is 0. The molecule has 0 aliphatic heterocycles. The Labute approximate surface area is 312 Å². The van der Waals surface area contributed by atoms with Crippen LogP contribution in [-0.2, 0) is 32.7 Å². The van der Waals surface area contributed by atoms with Crippen LogP contribution in [0.4, 0.5) is 0 Å². The van der Waals surface area contributed by atoms with Gasteiger partial charge in [0.2, 0.25) is 0 Å². The molecule has 9 nitrogen and oxygen atoms in total. The summed E-state index contributed by atoms with van der Waals surface area (Å²) >= 11 is 0. The third-order valence-electron chi connectivity index (χ3n) is 8.81. The molecule has 51 heavy (non-hydrogen) atoms. The molecule has 0 fully saturated rings. The van der Waals surface area contributed by atoms with Gasteiger partial charge in [0, 0.05) is 19.4 Å². The van der Waals surface area contributed by atoms with E-state index in [-0.39, 0.29) is 32.6 Å². The van der Waals surface area contributed by atoms with Gasteiger partial charge in [-0.05, 0) is 64.2 Å². The van der Waals surface area contributed by atoms with Gasteiger partial charge < -0.3 is 20.1 Å². The second kappa shape index (κ2) is 38.2. The molecular formula is C41H78NO8P. The highest BCUT2D eigenvalue weighted by molar-refractivity contribution is 7.47. The number of phosphoric acid groups is 1. The second-order valence-electron chi connectivity index (χ2n) is 13.8. The van der Waals surface area contributed by atoms with E-state index in [2.05, 4.69) is 38.2 Å². The Hall–Kier alpha value is -1.51. The summed E-state index contributed by atoms with van der Waals surface area (Å²) in [6.45, 7) is 3.71. The Balaban J connectivity index is 4.20. The molecule has 2 unspecified atom stereocenters. The average molecular weight is 744 g/mol. The van der Waals surface area contributed by atoms with E-state index < -0.39 is 32.5 Å². The molecule has 0 spiro atoms. The fraction of sp³-hybridized carbons (Fsp3) is 0.854. The molecule has 0 aromatic rings. The lowest BCUT2D eigenvalue weighted by Gasteiger charge is -2.19. The maximum absolute atomic E-state index is 12.5. The van der Waals surface area contributed by atoms with E-state index in [1.807, 2.05) is 0 Å². The van der Waals surface area contributed by atoms with Crippen LogP contribution in [0.25, 0.3) is 0 Å². The topological polar surface area (TPSA) is 134 Å². The van der Waals surface area contributed by atoms with E-state index in [4.69, 9.17) is 24.3 Å². The number of phosphoric ester groups is 1. The third-order valence-corrected chi connectivity index (χ3v) is 9.79. The van der Waals surface area contributed by atoms with E-state index >= 15 is 0 Å². The van der Waals surface area contributed by atoms with Crippen LogP contribution < -0.4 is 5.73 Å². The average Bonchev–Trinajstić information content (AvgIpc) is 3.11. The van der Waals surface area contributed by atoms with Crippen LogP contribution in [0.5, 0.6) is 0 Å². The van der Waals surface area contributed by atoms with E-state index in [0.29, 0.717) is 6.42 Å². The molecule has 0 aliphatic rings. The predicted molar refractivity (Wildman–Crippen MR) is 211 cm³/mol. The van der Waals surface area contributed by atoms with Crippen molar-refractivity contribution < 1.29 is 37.6 Å².